The molecule has 3 aromatic rings. The highest BCUT2D eigenvalue weighted by Crippen LogP contribution is 2.36. The molecule has 136 valence electrons. The predicted molar refractivity (Wildman–Crippen MR) is 111 cm³/mol. The van der Waals surface area contributed by atoms with Crippen molar-refractivity contribution in [3.05, 3.63) is 58.4 Å². The maximum atomic E-state index is 12.6. The fourth-order valence-corrected chi connectivity index (χ4v) is 4.37. The Morgan fingerprint density at radius 1 is 1.22 bits per heavy atom. The molecule has 8 heteroatoms. The molecule has 5 nitrogen and oxygen atoms in total. The van der Waals surface area contributed by atoms with Crippen molar-refractivity contribution in [3.63, 3.8) is 0 Å². The Kier molecular flexibility index (Phi) is 4.90. The molecular formula is C19H14ClN3O2S2. The van der Waals surface area contributed by atoms with Gasteiger partial charge in [-0.2, -0.15) is 0 Å². The third-order valence-corrected chi connectivity index (χ3v) is 6.22. The summed E-state index contributed by atoms with van der Waals surface area (Å²) in [5.74, 6) is -0.328. The van der Waals surface area contributed by atoms with E-state index in [4.69, 9.17) is 11.6 Å². The number of fused-ring (bicyclic) bond motifs is 1. The first-order valence-electron chi connectivity index (χ1n) is 8.14. The second-order valence-electron chi connectivity index (χ2n) is 5.96. The van der Waals surface area contributed by atoms with Gasteiger partial charge in [-0.1, -0.05) is 23.7 Å². The lowest BCUT2D eigenvalue weighted by Crippen LogP contribution is -2.26. The van der Waals surface area contributed by atoms with Crippen LogP contribution >= 0.6 is 34.7 Å². The zero-order valence-electron chi connectivity index (χ0n) is 14.2. The maximum Gasteiger partial charge on any atom is 0.257 e. The highest BCUT2D eigenvalue weighted by atomic mass is 35.5. The summed E-state index contributed by atoms with van der Waals surface area (Å²) < 4.78 is 0. The van der Waals surface area contributed by atoms with Crippen LogP contribution < -0.4 is 10.6 Å². The van der Waals surface area contributed by atoms with Gasteiger partial charge in [0.05, 0.1) is 16.6 Å². The lowest BCUT2D eigenvalue weighted by Gasteiger charge is -2.21. The summed E-state index contributed by atoms with van der Waals surface area (Å²) in [4.78, 5) is 29.8. The molecule has 1 aliphatic rings. The normalized spacial score (nSPS) is 15.8. The molecule has 0 unspecified atom stereocenters. The first-order valence-corrected chi connectivity index (χ1v) is 10.3. The SMILES string of the molecule is C[C@H]1Sc2ccc(C(=O)Nc3nc(-c4ccc(Cl)cc4)cs3)cc2NC1=O. The third-order valence-electron chi connectivity index (χ3n) is 4.04. The minimum atomic E-state index is -0.271. The summed E-state index contributed by atoms with van der Waals surface area (Å²) in [6.07, 6.45) is 0. The van der Waals surface area contributed by atoms with Crippen molar-refractivity contribution >= 4 is 57.3 Å². The van der Waals surface area contributed by atoms with Gasteiger partial charge in [-0.15, -0.1) is 23.1 Å². The van der Waals surface area contributed by atoms with Gasteiger partial charge >= 0.3 is 0 Å². The first kappa shape index (κ1) is 18.0. The quantitative estimate of drug-likeness (QED) is 0.620. The molecule has 2 N–H and O–H groups in total. The zero-order chi connectivity index (χ0) is 19.0. The van der Waals surface area contributed by atoms with Crippen molar-refractivity contribution in [2.24, 2.45) is 0 Å². The van der Waals surface area contributed by atoms with E-state index in [2.05, 4.69) is 15.6 Å². The molecule has 0 spiro atoms. The standard InChI is InChI=1S/C19H14ClN3O2S2/c1-10-17(24)21-14-8-12(4-7-16(14)27-10)18(25)23-19-22-15(9-26-19)11-2-5-13(20)6-3-11/h2-10H,1H3,(H,21,24)(H,22,23,25)/t10-/m1/s1. The molecule has 27 heavy (non-hydrogen) atoms. The summed E-state index contributed by atoms with van der Waals surface area (Å²) in [6, 6.07) is 12.7. The number of thioether (sulfide) groups is 1. The number of thiazole rings is 1. The van der Waals surface area contributed by atoms with Gasteiger partial charge in [-0.25, -0.2) is 4.98 Å². The minimum Gasteiger partial charge on any atom is -0.324 e. The van der Waals surface area contributed by atoms with E-state index in [0.29, 0.717) is 21.4 Å². The van der Waals surface area contributed by atoms with Gasteiger partial charge in [0.15, 0.2) is 5.13 Å². The van der Waals surface area contributed by atoms with Gasteiger partial charge in [0.1, 0.15) is 0 Å². The Hall–Kier alpha value is -2.35. The van der Waals surface area contributed by atoms with Crippen LogP contribution in [0, 0.1) is 0 Å². The van der Waals surface area contributed by atoms with Crippen molar-refractivity contribution in [3.8, 4) is 11.3 Å². The van der Waals surface area contributed by atoms with E-state index in [0.717, 1.165) is 16.2 Å². The van der Waals surface area contributed by atoms with Crippen LogP contribution in [0.2, 0.25) is 5.02 Å². The van der Waals surface area contributed by atoms with Gasteiger partial charge in [-0.3, -0.25) is 14.9 Å². The van der Waals surface area contributed by atoms with E-state index in [9.17, 15) is 9.59 Å². The number of halogens is 1. The molecular weight excluding hydrogens is 402 g/mol. The van der Waals surface area contributed by atoms with E-state index in [1.165, 1.54) is 23.1 Å². The Labute approximate surface area is 169 Å². The monoisotopic (exact) mass is 415 g/mol. The first-order chi connectivity index (χ1) is 13.0. The molecule has 1 aromatic heterocycles. The molecule has 2 heterocycles. The van der Waals surface area contributed by atoms with Crippen molar-refractivity contribution in [2.75, 3.05) is 10.6 Å². The van der Waals surface area contributed by atoms with E-state index in [1.807, 2.05) is 30.5 Å². The number of nitrogens with zero attached hydrogens (tertiary/aromatic N) is 1. The number of benzene rings is 2. The smallest absolute Gasteiger partial charge is 0.257 e. The molecule has 0 fully saturated rings. The minimum absolute atomic E-state index is 0.0578. The number of nitrogens with one attached hydrogen (secondary N) is 2. The molecule has 0 bridgehead atoms. The largest absolute Gasteiger partial charge is 0.324 e. The number of amides is 2. The van der Waals surface area contributed by atoms with Crippen LogP contribution in [-0.4, -0.2) is 22.0 Å². The van der Waals surface area contributed by atoms with E-state index < -0.39 is 0 Å². The van der Waals surface area contributed by atoms with Crippen LogP contribution in [0.3, 0.4) is 0 Å². The average molecular weight is 416 g/mol. The summed E-state index contributed by atoms with van der Waals surface area (Å²) in [6.45, 7) is 1.85. The number of carbonyl (C=O) groups is 2. The topological polar surface area (TPSA) is 71.1 Å². The summed E-state index contributed by atoms with van der Waals surface area (Å²) in [5.41, 5.74) is 2.83. The van der Waals surface area contributed by atoms with Crippen molar-refractivity contribution in [1.29, 1.82) is 0 Å². The van der Waals surface area contributed by atoms with Crippen LogP contribution in [0.15, 0.2) is 52.7 Å². The van der Waals surface area contributed by atoms with E-state index in [1.54, 1.807) is 24.3 Å². The van der Waals surface area contributed by atoms with Gasteiger partial charge in [0.25, 0.3) is 5.91 Å². The summed E-state index contributed by atoms with van der Waals surface area (Å²) in [5, 5.41) is 8.55. The van der Waals surface area contributed by atoms with Crippen LogP contribution in [-0.2, 0) is 4.79 Å². The summed E-state index contributed by atoms with van der Waals surface area (Å²) in [7, 11) is 0. The van der Waals surface area contributed by atoms with Crippen molar-refractivity contribution in [2.45, 2.75) is 17.1 Å². The predicted octanol–water partition coefficient (Wildman–Crippen LogP) is 5.15. The lowest BCUT2D eigenvalue weighted by molar-refractivity contribution is -0.115. The van der Waals surface area contributed by atoms with Crippen molar-refractivity contribution in [1.82, 2.24) is 4.98 Å². The molecule has 4 rings (SSSR count). The number of carbonyl (C=O) groups excluding carboxylic acids is 2. The molecule has 0 saturated heterocycles. The molecule has 0 radical (unpaired) electrons. The van der Waals surface area contributed by atoms with Gasteiger partial charge in [-0.05, 0) is 37.3 Å². The Morgan fingerprint density at radius 3 is 2.78 bits per heavy atom. The van der Waals surface area contributed by atoms with E-state index in [-0.39, 0.29) is 17.1 Å². The molecule has 2 aromatic carbocycles. The zero-order valence-corrected chi connectivity index (χ0v) is 16.5. The Morgan fingerprint density at radius 2 is 2.00 bits per heavy atom. The van der Waals surface area contributed by atoms with Crippen LogP contribution in [0.25, 0.3) is 11.3 Å². The molecule has 1 aliphatic heterocycles. The number of rotatable bonds is 3. The Bertz CT molecular complexity index is 1030. The van der Waals surface area contributed by atoms with Gasteiger partial charge in [0, 0.05) is 26.4 Å². The highest BCUT2D eigenvalue weighted by molar-refractivity contribution is 8.00. The molecule has 1 atom stereocenters. The second kappa shape index (κ2) is 7.34. The average Bonchev–Trinajstić information content (AvgIpc) is 3.11. The molecule has 2 amide bonds. The number of hydrogen-bond donors (Lipinski definition) is 2. The van der Waals surface area contributed by atoms with Crippen LogP contribution in [0.5, 0.6) is 0 Å². The second-order valence-corrected chi connectivity index (χ2v) is 8.64. The number of aromatic nitrogens is 1. The lowest BCUT2D eigenvalue weighted by atomic mass is 10.2. The van der Waals surface area contributed by atoms with Gasteiger partial charge < -0.3 is 5.32 Å². The summed E-state index contributed by atoms with van der Waals surface area (Å²) >= 11 is 8.74. The highest BCUT2D eigenvalue weighted by Gasteiger charge is 2.24. The van der Waals surface area contributed by atoms with Crippen molar-refractivity contribution < 1.29 is 9.59 Å². The fraction of sp³-hybridized carbons (Fsp3) is 0.105. The van der Waals surface area contributed by atoms with Crippen LogP contribution in [0.1, 0.15) is 17.3 Å². The molecule has 0 aliphatic carbocycles. The maximum absolute atomic E-state index is 12.6. The number of hydrogen-bond acceptors (Lipinski definition) is 5. The number of anilines is 2. The fourth-order valence-electron chi connectivity index (χ4n) is 2.60. The molecule has 0 saturated carbocycles. The third kappa shape index (κ3) is 3.85. The Balaban J connectivity index is 1.51. The van der Waals surface area contributed by atoms with Gasteiger partial charge in [0.2, 0.25) is 5.91 Å². The van der Waals surface area contributed by atoms with E-state index >= 15 is 0 Å². The van der Waals surface area contributed by atoms with Crippen LogP contribution in [0.4, 0.5) is 10.8 Å².